The number of fused-ring (bicyclic) bond motifs is 2. The van der Waals surface area contributed by atoms with Crippen LogP contribution in [0.4, 0.5) is 15.8 Å². The van der Waals surface area contributed by atoms with E-state index in [2.05, 4.69) is 15.2 Å². The molecule has 1 amide bonds. The lowest BCUT2D eigenvalue weighted by atomic mass is 10.00. The summed E-state index contributed by atoms with van der Waals surface area (Å²) < 4.78 is 26.6. The molecule has 0 unspecified atom stereocenters. The number of hydrogen-bond donors (Lipinski definition) is 1. The maximum Gasteiger partial charge on any atom is 0.254 e. The van der Waals surface area contributed by atoms with Crippen molar-refractivity contribution in [3.8, 4) is 22.6 Å². The highest BCUT2D eigenvalue weighted by Gasteiger charge is 2.21. The first-order valence-corrected chi connectivity index (χ1v) is 12.4. The fraction of sp³-hybridized carbons (Fsp3) is 0.241. The zero-order valence-corrected chi connectivity index (χ0v) is 20.5. The van der Waals surface area contributed by atoms with Crippen molar-refractivity contribution in [2.24, 2.45) is 0 Å². The minimum absolute atomic E-state index is 0.132. The number of carbonyl (C=O) groups is 1. The molecule has 1 saturated heterocycles. The van der Waals surface area contributed by atoms with E-state index in [0.717, 1.165) is 41.1 Å². The van der Waals surface area contributed by atoms with Crippen LogP contribution in [0.1, 0.15) is 10.4 Å². The van der Waals surface area contributed by atoms with Gasteiger partial charge in [0.15, 0.2) is 11.5 Å². The van der Waals surface area contributed by atoms with Gasteiger partial charge in [-0.15, -0.1) is 0 Å². The number of aromatic nitrogens is 1. The van der Waals surface area contributed by atoms with Crippen molar-refractivity contribution < 1.29 is 18.7 Å². The molecular formula is C29H27FN4O3. The predicted molar refractivity (Wildman–Crippen MR) is 141 cm³/mol. The smallest absolute Gasteiger partial charge is 0.254 e. The number of amides is 1. The van der Waals surface area contributed by atoms with Crippen LogP contribution in [0.25, 0.3) is 22.0 Å². The number of nitrogens with one attached hydrogen (secondary N) is 1. The summed E-state index contributed by atoms with van der Waals surface area (Å²) in [5.74, 6) is 0.865. The molecule has 0 bridgehead atoms. The molecule has 1 fully saturated rings. The molecule has 0 aliphatic carbocycles. The molecule has 0 radical (unpaired) electrons. The number of nitrogens with zero attached hydrogens (tertiary/aromatic N) is 3. The SMILES string of the molecule is CN1CCN(C(=O)c2ccc(-c3ccc4nccc(Nc5ccc6c(c5)OCCO6)c4c3)c(F)c2)CC1. The van der Waals surface area contributed by atoms with Gasteiger partial charge in [-0.2, -0.15) is 0 Å². The Labute approximate surface area is 214 Å². The quantitative estimate of drug-likeness (QED) is 0.430. The molecule has 3 heterocycles. The number of carbonyl (C=O) groups excluding carboxylic acids is 1. The van der Waals surface area contributed by atoms with Crippen molar-refractivity contribution in [3.63, 3.8) is 0 Å². The van der Waals surface area contributed by atoms with E-state index < -0.39 is 5.82 Å². The molecule has 0 atom stereocenters. The highest BCUT2D eigenvalue weighted by molar-refractivity contribution is 5.97. The second-order valence-electron chi connectivity index (χ2n) is 9.36. The van der Waals surface area contributed by atoms with Crippen LogP contribution in [0.15, 0.2) is 66.9 Å². The van der Waals surface area contributed by atoms with Gasteiger partial charge >= 0.3 is 0 Å². The molecule has 6 rings (SSSR count). The Morgan fingerprint density at radius 2 is 1.73 bits per heavy atom. The molecule has 0 spiro atoms. The highest BCUT2D eigenvalue weighted by Crippen LogP contribution is 2.36. The van der Waals surface area contributed by atoms with E-state index >= 15 is 4.39 Å². The number of piperazine rings is 1. The van der Waals surface area contributed by atoms with Gasteiger partial charge in [0, 0.05) is 66.3 Å². The molecule has 2 aliphatic rings. The molecule has 7 nitrogen and oxygen atoms in total. The van der Waals surface area contributed by atoms with E-state index in [0.29, 0.717) is 48.7 Å². The van der Waals surface area contributed by atoms with Crippen LogP contribution in [0.3, 0.4) is 0 Å². The zero-order valence-electron chi connectivity index (χ0n) is 20.5. The maximum atomic E-state index is 15.3. The first-order valence-electron chi connectivity index (χ1n) is 12.4. The fourth-order valence-corrected chi connectivity index (χ4v) is 4.77. The van der Waals surface area contributed by atoms with Crippen molar-refractivity contribution in [1.29, 1.82) is 0 Å². The minimum atomic E-state index is -0.426. The van der Waals surface area contributed by atoms with Crippen molar-refractivity contribution in [2.75, 3.05) is 51.8 Å². The minimum Gasteiger partial charge on any atom is -0.486 e. The lowest BCUT2D eigenvalue weighted by Crippen LogP contribution is -2.47. The summed E-state index contributed by atoms with van der Waals surface area (Å²) in [6.07, 6.45) is 1.74. The summed E-state index contributed by atoms with van der Waals surface area (Å²) >= 11 is 0. The number of halogens is 1. The Morgan fingerprint density at radius 1 is 0.919 bits per heavy atom. The van der Waals surface area contributed by atoms with Crippen molar-refractivity contribution >= 4 is 28.2 Å². The normalized spacial score (nSPS) is 15.6. The van der Waals surface area contributed by atoms with Gasteiger partial charge in [0.25, 0.3) is 5.91 Å². The Morgan fingerprint density at radius 3 is 2.54 bits per heavy atom. The van der Waals surface area contributed by atoms with E-state index in [4.69, 9.17) is 9.47 Å². The van der Waals surface area contributed by atoms with Crippen LogP contribution in [0.2, 0.25) is 0 Å². The van der Waals surface area contributed by atoms with Crippen molar-refractivity contribution in [3.05, 3.63) is 78.2 Å². The molecule has 1 aromatic heterocycles. The molecule has 1 N–H and O–H groups in total. The summed E-state index contributed by atoms with van der Waals surface area (Å²) in [6, 6.07) is 18.0. The van der Waals surface area contributed by atoms with E-state index in [1.807, 2.05) is 49.5 Å². The van der Waals surface area contributed by atoms with Crippen molar-refractivity contribution in [1.82, 2.24) is 14.8 Å². The second kappa shape index (κ2) is 9.71. The Bertz CT molecular complexity index is 1480. The summed E-state index contributed by atoms with van der Waals surface area (Å²) in [6.45, 7) is 3.99. The van der Waals surface area contributed by atoms with Gasteiger partial charge in [0.1, 0.15) is 19.0 Å². The molecule has 2 aliphatic heterocycles. The number of hydrogen-bond acceptors (Lipinski definition) is 6. The van der Waals surface area contributed by atoms with Gasteiger partial charge in [0.05, 0.1) is 5.52 Å². The Kier molecular flexibility index (Phi) is 6.10. The maximum absolute atomic E-state index is 15.3. The third-order valence-corrected chi connectivity index (χ3v) is 6.88. The molecule has 0 saturated carbocycles. The molecule has 8 heteroatoms. The largest absolute Gasteiger partial charge is 0.486 e. The highest BCUT2D eigenvalue weighted by atomic mass is 19.1. The molecule has 188 valence electrons. The lowest BCUT2D eigenvalue weighted by Gasteiger charge is -2.32. The topological polar surface area (TPSA) is 66.9 Å². The van der Waals surface area contributed by atoms with Crippen LogP contribution in [-0.4, -0.2) is 67.1 Å². The third-order valence-electron chi connectivity index (χ3n) is 6.88. The lowest BCUT2D eigenvalue weighted by molar-refractivity contribution is 0.0663. The number of rotatable bonds is 4. The predicted octanol–water partition coefficient (Wildman–Crippen LogP) is 4.94. The van der Waals surface area contributed by atoms with E-state index in [-0.39, 0.29) is 5.91 Å². The number of anilines is 2. The van der Waals surface area contributed by atoms with Crippen LogP contribution >= 0.6 is 0 Å². The average molecular weight is 499 g/mol. The molecule has 3 aromatic carbocycles. The first-order chi connectivity index (χ1) is 18.0. The number of ether oxygens (including phenoxy) is 2. The van der Waals surface area contributed by atoms with Gasteiger partial charge in [-0.3, -0.25) is 9.78 Å². The summed E-state index contributed by atoms with van der Waals surface area (Å²) in [7, 11) is 2.03. The van der Waals surface area contributed by atoms with Crippen LogP contribution in [0.5, 0.6) is 11.5 Å². The van der Waals surface area contributed by atoms with E-state index in [1.54, 1.807) is 23.2 Å². The molecular weight excluding hydrogens is 471 g/mol. The van der Waals surface area contributed by atoms with Gasteiger partial charge in [-0.05, 0) is 55.1 Å². The Hall–Kier alpha value is -4.17. The number of pyridine rings is 1. The van der Waals surface area contributed by atoms with Gasteiger partial charge in [0.2, 0.25) is 0 Å². The average Bonchev–Trinajstić information content (AvgIpc) is 2.93. The number of likely N-dealkylation sites (N-methyl/N-ethyl adjacent to an activating group) is 1. The van der Waals surface area contributed by atoms with Gasteiger partial charge < -0.3 is 24.6 Å². The van der Waals surface area contributed by atoms with Crippen LogP contribution in [-0.2, 0) is 0 Å². The summed E-state index contributed by atoms with van der Waals surface area (Å²) in [4.78, 5) is 21.3. The summed E-state index contributed by atoms with van der Waals surface area (Å²) in [5.41, 5.74) is 3.99. The van der Waals surface area contributed by atoms with Crippen LogP contribution < -0.4 is 14.8 Å². The van der Waals surface area contributed by atoms with E-state index in [9.17, 15) is 4.79 Å². The van der Waals surface area contributed by atoms with Crippen LogP contribution in [0, 0.1) is 5.82 Å². The Balaban J connectivity index is 1.29. The second-order valence-corrected chi connectivity index (χ2v) is 9.36. The van der Waals surface area contributed by atoms with Crippen molar-refractivity contribution in [2.45, 2.75) is 0 Å². The zero-order chi connectivity index (χ0) is 25.4. The third kappa shape index (κ3) is 4.68. The van der Waals surface area contributed by atoms with Gasteiger partial charge in [-0.25, -0.2) is 4.39 Å². The molecule has 4 aromatic rings. The van der Waals surface area contributed by atoms with Gasteiger partial charge in [-0.1, -0.05) is 12.1 Å². The van der Waals surface area contributed by atoms with E-state index in [1.165, 1.54) is 6.07 Å². The number of benzene rings is 3. The molecule has 37 heavy (non-hydrogen) atoms. The monoisotopic (exact) mass is 498 g/mol. The standard InChI is InChI=1S/C29H27FN4O3/c1-33-10-12-34(13-11-33)29(35)20-2-5-22(24(30)17-20)19-3-6-25-23(16-19)26(8-9-31-25)32-21-4-7-27-28(18-21)37-15-14-36-27/h2-9,16-18H,10-15H2,1H3,(H,31,32). The first kappa shape index (κ1) is 23.2. The fourth-order valence-electron chi connectivity index (χ4n) is 4.77. The summed E-state index contributed by atoms with van der Waals surface area (Å²) in [5, 5.41) is 4.28.